The first-order valence-corrected chi connectivity index (χ1v) is 16.1. The summed E-state index contributed by atoms with van der Waals surface area (Å²) in [4.78, 5) is 22.4. The smallest absolute Gasteiger partial charge is 0.341 e. The van der Waals surface area contributed by atoms with Crippen molar-refractivity contribution in [3.63, 3.8) is 0 Å². The first kappa shape index (κ1) is 33.8. The molecule has 3 rings (SSSR count). The number of hydrogen-bond donors (Lipinski definition) is 1. The summed E-state index contributed by atoms with van der Waals surface area (Å²) in [6, 6.07) is 9.67. The average Bonchev–Trinajstić information content (AvgIpc) is 2.92. The number of ether oxygens (including phenoxy) is 1. The second kappa shape index (κ2) is 13.8. The van der Waals surface area contributed by atoms with Crippen molar-refractivity contribution in [2.45, 2.75) is 90.4 Å². The Morgan fingerprint density at radius 3 is 2.07 bits per heavy atom. The summed E-state index contributed by atoms with van der Waals surface area (Å²) in [5.41, 5.74) is 11.2. The average molecular weight is 611 g/mol. The second-order valence-electron chi connectivity index (χ2n) is 12.1. The maximum atomic E-state index is 14.1. The van der Waals surface area contributed by atoms with Crippen molar-refractivity contribution in [3.8, 4) is 11.6 Å². The molecular formula is C33H46N4O5S. The van der Waals surface area contributed by atoms with Crippen LogP contribution < -0.4 is 14.7 Å². The zero-order valence-corrected chi connectivity index (χ0v) is 27.9. The number of carbonyl (C=O) groups is 1. The third-order valence-corrected chi connectivity index (χ3v) is 8.91. The van der Waals surface area contributed by atoms with Crippen molar-refractivity contribution in [2.24, 2.45) is 0 Å². The van der Waals surface area contributed by atoms with Crippen LogP contribution >= 0.6 is 0 Å². The van der Waals surface area contributed by atoms with Gasteiger partial charge in [0.1, 0.15) is 10.6 Å². The van der Waals surface area contributed by atoms with Gasteiger partial charge in [0, 0.05) is 32.5 Å². The van der Waals surface area contributed by atoms with Crippen LogP contribution in [-0.2, 0) is 27.8 Å². The van der Waals surface area contributed by atoms with Gasteiger partial charge in [0.05, 0.1) is 12.8 Å². The van der Waals surface area contributed by atoms with Crippen LogP contribution in [0.5, 0.6) is 11.6 Å². The van der Waals surface area contributed by atoms with Crippen LogP contribution in [0, 0.1) is 6.92 Å². The van der Waals surface area contributed by atoms with Gasteiger partial charge in [-0.2, -0.15) is 13.4 Å². The zero-order chi connectivity index (χ0) is 32.2. The van der Waals surface area contributed by atoms with Crippen molar-refractivity contribution in [1.29, 1.82) is 0 Å². The summed E-state index contributed by atoms with van der Waals surface area (Å²) in [5, 5.41) is 0. The molecule has 0 atom stereocenters. The van der Waals surface area contributed by atoms with Crippen molar-refractivity contribution in [2.75, 3.05) is 26.9 Å². The lowest BCUT2D eigenvalue weighted by Gasteiger charge is -2.23. The summed E-state index contributed by atoms with van der Waals surface area (Å²) in [6.07, 6.45) is 1.19. The number of nitrogens with zero attached hydrogens (tertiary/aromatic N) is 3. The number of rotatable bonds is 12. The number of benzene rings is 2. The van der Waals surface area contributed by atoms with Crippen LogP contribution in [-0.4, -0.2) is 50.4 Å². The maximum Gasteiger partial charge on any atom is 0.341 e. The van der Waals surface area contributed by atoms with Crippen LogP contribution in [0.3, 0.4) is 0 Å². The minimum Gasteiger partial charge on any atom is -0.496 e. The molecule has 1 amide bonds. The summed E-state index contributed by atoms with van der Waals surface area (Å²) >= 11 is 0. The van der Waals surface area contributed by atoms with Gasteiger partial charge in [-0.1, -0.05) is 65.8 Å². The molecule has 0 saturated carbocycles. The quantitative estimate of drug-likeness (QED) is 0.243. The molecule has 3 aromatic rings. The molecule has 2 aromatic carbocycles. The maximum absolute atomic E-state index is 14.1. The first-order valence-electron chi connectivity index (χ1n) is 14.7. The molecule has 1 aromatic heterocycles. The van der Waals surface area contributed by atoms with Crippen LogP contribution in [0.15, 0.2) is 35.2 Å². The van der Waals surface area contributed by atoms with Gasteiger partial charge in [-0.25, -0.2) is 4.98 Å². The van der Waals surface area contributed by atoms with Crippen LogP contribution in [0.4, 0.5) is 5.95 Å². The molecule has 0 aliphatic carbocycles. The molecule has 0 aliphatic heterocycles. The van der Waals surface area contributed by atoms with Gasteiger partial charge in [0.2, 0.25) is 17.7 Å². The molecule has 43 heavy (non-hydrogen) atoms. The molecule has 0 spiro atoms. The predicted molar refractivity (Wildman–Crippen MR) is 171 cm³/mol. The van der Waals surface area contributed by atoms with E-state index in [1.165, 1.54) is 0 Å². The molecule has 0 unspecified atom stereocenters. The zero-order valence-electron chi connectivity index (χ0n) is 27.1. The van der Waals surface area contributed by atoms with E-state index in [0.29, 0.717) is 41.0 Å². The number of anilines is 1. The van der Waals surface area contributed by atoms with Crippen LogP contribution in [0.1, 0.15) is 105 Å². The summed E-state index contributed by atoms with van der Waals surface area (Å²) in [5.74, 6) is 0.578. The van der Waals surface area contributed by atoms with Crippen molar-refractivity contribution < 1.29 is 22.1 Å². The summed E-state index contributed by atoms with van der Waals surface area (Å²) in [6.45, 7) is 13.9. The highest BCUT2D eigenvalue weighted by molar-refractivity contribution is 7.87. The number of methoxy groups -OCH3 is 1. The van der Waals surface area contributed by atoms with Gasteiger partial charge in [-0.3, -0.25) is 4.79 Å². The van der Waals surface area contributed by atoms with E-state index in [1.54, 1.807) is 33.0 Å². The highest BCUT2D eigenvalue weighted by atomic mass is 32.2. The number of amides is 1. The Bertz CT molecular complexity index is 1550. The minimum atomic E-state index is -4.31. The Labute approximate surface area is 257 Å². The minimum absolute atomic E-state index is 0.0424. The van der Waals surface area contributed by atoms with Crippen LogP contribution in [0.2, 0.25) is 0 Å². The molecule has 0 bridgehead atoms. The number of aryl methyl sites for hydroxylation is 2. The van der Waals surface area contributed by atoms with E-state index >= 15 is 0 Å². The third-order valence-electron chi connectivity index (χ3n) is 7.56. The lowest BCUT2D eigenvalue weighted by atomic mass is 9.89. The molecule has 0 fully saturated rings. The van der Waals surface area contributed by atoms with Gasteiger partial charge in [-0.15, -0.1) is 0 Å². The summed E-state index contributed by atoms with van der Waals surface area (Å²) in [7, 11) is 0.725. The van der Waals surface area contributed by atoms with Gasteiger partial charge < -0.3 is 19.6 Å². The Hall–Kier alpha value is -3.66. The predicted octanol–water partition coefficient (Wildman–Crippen LogP) is 6.13. The highest BCUT2D eigenvalue weighted by Crippen LogP contribution is 2.37. The van der Waals surface area contributed by atoms with Crippen molar-refractivity contribution in [3.05, 3.63) is 69.4 Å². The number of hydrogen-bond acceptors (Lipinski definition) is 8. The molecule has 0 saturated heterocycles. The van der Waals surface area contributed by atoms with Gasteiger partial charge in [0.15, 0.2) is 0 Å². The molecule has 2 N–H and O–H groups in total. The standard InChI is InChI=1S/C33H46N4O5S/c1-19(2)25-17-26(20(3)4)31(27(18-25)21(5)6)43(39,40)42-32-28(22(7)35-33(34)36-32)16-24-13-11-23(15-29(24)41-10)12-14-30(38)37(8)9/h11,13,15,17-21H,12,14,16H2,1-10H3,(H2,34,35,36). The van der Waals surface area contributed by atoms with E-state index < -0.39 is 10.1 Å². The fourth-order valence-electron chi connectivity index (χ4n) is 4.94. The highest BCUT2D eigenvalue weighted by Gasteiger charge is 2.30. The van der Waals surface area contributed by atoms with E-state index in [1.807, 2.05) is 58.0 Å². The Morgan fingerprint density at radius 1 is 0.953 bits per heavy atom. The van der Waals surface area contributed by atoms with E-state index in [-0.39, 0.29) is 46.8 Å². The molecule has 0 radical (unpaired) electrons. The van der Waals surface area contributed by atoms with Crippen molar-refractivity contribution in [1.82, 2.24) is 14.9 Å². The van der Waals surface area contributed by atoms with Gasteiger partial charge >= 0.3 is 10.1 Å². The number of carbonyl (C=O) groups excluding carboxylic acids is 1. The fourth-order valence-corrected chi connectivity index (χ4v) is 6.54. The Balaban J connectivity index is 2.08. The SMILES string of the molecule is COc1cc(CCC(=O)N(C)C)ccc1Cc1c(C)nc(N)nc1OS(=O)(=O)c1c(C(C)C)cc(C(C)C)cc1C(C)C. The number of nitrogen functional groups attached to an aromatic ring is 1. The fraction of sp³-hybridized carbons (Fsp3) is 0.485. The molecular weight excluding hydrogens is 564 g/mol. The third kappa shape index (κ3) is 8.04. The topological polar surface area (TPSA) is 125 Å². The van der Waals surface area contributed by atoms with Crippen molar-refractivity contribution >= 4 is 22.0 Å². The molecule has 9 nitrogen and oxygen atoms in total. The van der Waals surface area contributed by atoms with E-state index in [4.69, 9.17) is 14.7 Å². The second-order valence-corrected chi connectivity index (χ2v) is 13.6. The molecule has 1 heterocycles. The Morgan fingerprint density at radius 2 is 1.56 bits per heavy atom. The first-order chi connectivity index (χ1) is 20.0. The lowest BCUT2D eigenvalue weighted by molar-refractivity contribution is -0.128. The lowest BCUT2D eigenvalue weighted by Crippen LogP contribution is -2.21. The monoisotopic (exact) mass is 610 g/mol. The van der Waals surface area contributed by atoms with E-state index in [0.717, 1.165) is 16.7 Å². The molecule has 0 aliphatic rings. The number of aromatic nitrogens is 2. The van der Waals surface area contributed by atoms with Gasteiger partial charge in [-0.05, 0) is 65.0 Å². The normalized spacial score (nSPS) is 11.8. The van der Waals surface area contributed by atoms with Gasteiger partial charge in [0.25, 0.3) is 0 Å². The summed E-state index contributed by atoms with van der Waals surface area (Å²) < 4.78 is 39.8. The van der Waals surface area contributed by atoms with E-state index in [2.05, 4.69) is 23.8 Å². The van der Waals surface area contributed by atoms with E-state index in [9.17, 15) is 13.2 Å². The van der Waals surface area contributed by atoms with Crippen LogP contribution in [0.25, 0.3) is 0 Å². The number of nitrogens with two attached hydrogens (primary N) is 1. The Kier molecular flexibility index (Phi) is 10.8. The molecule has 10 heteroatoms. The largest absolute Gasteiger partial charge is 0.496 e. The molecule has 234 valence electrons.